The standard InChI is InChI=1S/C21H18BrF2N/c1-14-12-15(10-11-25-14)2-8-19(16-3-5-17(22)6-4-16)20-9-7-18(23)13-21(20)24/h3-7,9-13,19H,2,8H2,1H3. The molecule has 3 rings (SSSR count). The van der Waals surface area contributed by atoms with Crippen molar-refractivity contribution in [3.05, 3.63) is 99.3 Å². The van der Waals surface area contributed by atoms with Crippen LogP contribution in [-0.2, 0) is 6.42 Å². The molecule has 0 aliphatic rings. The second-order valence-electron chi connectivity index (χ2n) is 6.11. The summed E-state index contributed by atoms with van der Waals surface area (Å²) in [6.45, 7) is 1.95. The molecule has 1 aromatic heterocycles. The summed E-state index contributed by atoms with van der Waals surface area (Å²) in [4.78, 5) is 4.21. The first-order chi connectivity index (χ1) is 12.0. The molecular formula is C21H18BrF2N. The zero-order chi connectivity index (χ0) is 17.8. The van der Waals surface area contributed by atoms with Crippen molar-refractivity contribution >= 4 is 15.9 Å². The van der Waals surface area contributed by atoms with Crippen molar-refractivity contribution in [1.29, 1.82) is 0 Å². The zero-order valence-corrected chi connectivity index (χ0v) is 15.4. The van der Waals surface area contributed by atoms with Crippen LogP contribution in [0.25, 0.3) is 0 Å². The van der Waals surface area contributed by atoms with E-state index in [1.54, 1.807) is 12.3 Å². The van der Waals surface area contributed by atoms with E-state index in [2.05, 4.69) is 20.9 Å². The molecule has 128 valence electrons. The Hall–Kier alpha value is -2.07. The molecule has 1 heterocycles. The third-order valence-electron chi connectivity index (χ3n) is 4.29. The Labute approximate surface area is 154 Å². The monoisotopic (exact) mass is 401 g/mol. The number of pyridine rings is 1. The van der Waals surface area contributed by atoms with Gasteiger partial charge in [0, 0.05) is 28.3 Å². The number of aryl methyl sites for hydroxylation is 2. The molecule has 0 aliphatic carbocycles. The summed E-state index contributed by atoms with van der Waals surface area (Å²) in [6.07, 6.45) is 3.31. The molecule has 2 aromatic carbocycles. The van der Waals surface area contributed by atoms with Crippen molar-refractivity contribution in [3.63, 3.8) is 0 Å². The highest BCUT2D eigenvalue weighted by Gasteiger charge is 2.18. The number of nitrogens with zero attached hydrogens (tertiary/aromatic N) is 1. The molecule has 1 nitrogen and oxygen atoms in total. The summed E-state index contributed by atoms with van der Waals surface area (Å²) < 4.78 is 28.7. The molecule has 1 atom stereocenters. The number of aromatic nitrogens is 1. The van der Waals surface area contributed by atoms with E-state index in [0.717, 1.165) is 40.2 Å². The zero-order valence-electron chi connectivity index (χ0n) is 13.8. The van der Waals surface area contributed by atoms with Crippen LogP contribution >= 0.6 is 15.9 Å². The first-order valence-corrected chi connectivity index (χ1v) is 8.94. The average Bonchev–Trinajstić information content (AvgIpc) is 2.58. The highest BCUT2D eigenvalue weighted by molar-refractivity contribution is 9.10. The molecule has 3 aromatic rings. The van der Waals surface area contributed by atoms with Crippen LogP contribution in [0.4, 0.5) is 8.78 Å². The summed E-state index contributed by atoms with van der Waals surface area (Å²) in [5.74, 6) is -1.19. The lowest BCUT2D eigenvalue weighted by Gasteiger charge is -2.19. The number of benzene rings is 2. The Morgan fingerprint density at radius 2 is 1.76 bits per heavy atom. The summed E-state index contributed by atoms with van der Waals surface area (Å²) in [6, 6.07) is 15.7. The van der Waals surface area contributed by atoms with Crippen LogP contribution < -0.4 is 0 Å². The minimum absolute atomic E-state index is 0.137. The lowest BCUT2D eigenvalue weighted by molar-refractivity contribution is 0.557. The van der Waals surface area contributed by atoms with Crippen LogP contribution in [0, 0.1) is 18.6 Å². The lowest BCUT2D eigenvalue weighted by Crippen LogP contribution is -2.06. The summed E-state index contributed by atoms with van der Waals surface area (Å²) >= 11 is 3.43. The molecule has 0 fully saturated rings. The van der Waals surface area contributed by atoms with Gasteiger partial charge in [0.15, 0.2) is 0 Å². The first kappa shape index (κ1) is 17.7. The quantitative estimate of drug-likeness (QED) is 0.496. The Bertz CT molecular complexity index is 862. The maximum atomic E-state index is 14.4. The van der Waals surface area contributed by atoms with Crippen LogP contribution in [0.2, 0.25) is 0 Å². The van der Waals surface area contributed by atoms with E-state index in [9.17, 15) is 8.78 Å². The van der Waals surface area contributed by atoms with E-state index >= 15 is 0 Å². The van der Waals surface area contributed by atoms with Gasteiger partial charge in [-0.2, -0.15) is 0 Å². The molecule has 0 amide bonds. The molecule has 25 heavy (non-hydrogen) atoms. The Kier molecular flexibility index (Phi) is 5.59. The molecule has 4 heteroatoms. The maximum Gasteiger partial charge on any atom is 0.129 e. The van der Waals surface area contributed by atoms with Gasteiger partial charge in [0.1, 0.15) is 11.6 Å². The van der Waals surface area contributed by atoms with E-state index in [4.69, 9.17) is 0 Å². The van der Waals surface area contributed by atoms with Crippen molar-refractivity contribution in [1.82, 2.24) is 4.98 Å². The smallest absolute Gasteiger partial charge is 0.129 e. The van der Waals surface area contributed by atoms with Gasteiger partial charge in [-0.15, -0.1) is 0 Å². The second-order valence-corrected chi connectivity index (χ2v) is 7.03. The first-order valence-electron chi connectivity index (χ1n) is 8.15. The number of rotatable bonds is 5. The van der Waals surface area contributed by atoms with E-state index in [0.29, 0.717) is 5.56 Å². The lowest BCUT2D eigenvalue weighted by atomic mass is 9.86. The molecule has 0 saturated heterocycles. The third kappa shape index (κ3) is 4.51. The second kappa shape index (κ2) is 7.87. The van der Waals surface area contributed by atoms with E-state index in [1.165, 1.54) is 6.07 Å². The molecule has 0 saturated carbocycles. The maximum absolute atomic E-state index is 14.4. The van der Waals surface area contributed by atoms with Gasteiger partial charge in [-0.25, -0.2) is 8.78 Å². The van der Waals surface area contributed by atoms with Crippen LogP contribution in [0.3, 0.4) is 0 Å². The molecule has 0 bridgehead atoms. The van der Waals surface area contributed by atoms with Gasteiger partial charge in [-0.1, -0.05) is 34.1 Å². The van der Waals surface area contributed by atoms with Crippen LogP contribution in [0.5, 0.6) is 0 Å². The Balaban J connectivity index is 1.92. The Morgan fingerprint density at radius 1 is 1.00 bits per heavy atom. The minimum Gasteiger partial charge on any atom is -0.262 e. The van der Waals surface area contributed by atoms with E-state index in [-0.39, 0.29) is 5.92 Å². The fraction of sp³-hybridized carbons (Fsp3) is 0.190. The fourth-order valence-corrected chi connectivity index (χ4v) is 3.32. The van der Waals surface area contributed by atoms with Gasteiger partial charge in [0.05, 0.1) is 0 Å². The third-order valence-corrected chi connectivity index (χ3v) is 4.82. The summed E-state index contributed by atoms with van der Waals surface area (Å²) in [5.41, 5.74) is 3.66. The van der Waals surface area contributed by atoms with Gasteiger partial charge in [0.25, 0.3) is 0 Å². The van der Waals surface area contributed by atoms with Gasteiger partial charge in [0.2, 0.25) is 0 Å². The number of hydrogen-bond acceptors (Lipinski definition) is 1. The molecule has 0 N–H and O–H groups in total. The molecule has 0 aliphatic heterocycles. The largest absolute Gasteiger partial charge is 0.262 e. The summed E-state index contributed by atoms with van der Waals surface area (Å²) in [7, 11) is 0. The predicted molar refractivity (Wildman–Crippen MR) is 99.6 cm³/mol. The Morgan fingerprint density at radius 3 is 2.44 bits per heavy atom. The van der Waals surface area contributed by atoms with E-state index < -0.39 is 11.6 Å². The molecular weight excluding hydrogens is 384 g/mol. The predicted octanol–water partition coefficient (Wildman–Crippen LogP) is 6.20. The van der Waals surface area contributed by atoms with Crippen molar-refractivity contribution in [2.24, 2.45) is 0 Å². The highest BCUT2D eigenvalue weighted by atomic mass is 79.9. The normalized spacial score (nSPS) is 12.2. The average molecular weight is 402 g/mol. The number of halogens is 3. The fourth-order valence-electron chi connectivity index (χ4n) is 3.05. The van der Waals surface area contributed by atoms with Crippen molar-refractivity contribution in [3.8, 4) is 0 Å². The van der Waals surface area contributed by atoms with Crippen molar-refractivity contribution in [2.45, 2.75) is 25.7 Å². The van der Waals surface area contributed by atoms with Gasteiger partial charge in [-0.05, 0) is 66.8 Å². The van der Waals surface area contributed by atoms with Crippen LogP contribution in [0.1, 0.15) is 34.7 Å². The molecule has 1 unspecified atom stereocenters. The molecule has 0 spiro atoms. The summed E-state index contributed by atoms with van der Waals surface area (Å²) in [5, 5.41) is 0. The topological polar surface area (TPSA) is 12.9 Å². The molecule has 0 radical (unpaired) electrons. The van der Waals surface area contributed by atoms with Gasteiger partial charge in [-0.3, -0.25) is 4.98 Å². The minimum atomic E-state index is -0.555. The highest BCUT2D eigenvalue weighted by Crippen LogP contribution is 2.32. The van der Waals surface area contributed by atoms with Gasteiger partial charge >= 0.3 is 0 Å². The van der Waals surface area contributed by atoms with Crippen LogP contribution in [0.15, 0.2) is 65.3 Å². The SMILES string of the molecule is Cc1cc(CCC(c2ccc(Br)cc2)c2ccc(F)cc2F)ccn1. The van der Waals surface area contributed by atoms with Crippen LogP contribution in [-0.4, -0.2) is 4.98 Å². The number of hydrogen-bond donors (Lipinski definition) is 0. The van der Waals surface area contributed by atoms with Crippen molar-refractivity contribution < 1.29 is 8.78 Å². The van der Waals surface area contributed by atoms with E-state index in [1.807, 2.05) is 43.3 Å². The van der Waals surface area contributed by atoms with Crippen molar-refractivity contribution in [2.75, 3.05) is 0 Å². The van der Waals surface area contributed by atoms with Gasteiger partial charge < -0.3 is 0 Å².